The Bertz CT molecular complexity index is 1610. The van der Waals surface area contributed by atoms with Crippen LogP contribution in [0, 0.1) is 6.92 Å². The SMILES string of the molecule is Cc1cc(C(=O)N2CCN(Cc3ccc(Cl)cc3Cl)CC2)ccc1CS(=O)(=O)c1cccc2cccnc12. The molecule has 2 heterocycles. The quantitative estimate of drug-likeness (QED) is 0.295. The van der Waals surface area contributed by atoms with Gasteiger partial charge in [0.15, 0.2) is 9.84 Å². The van der Waals surface area contributed by atoms with Crippen LogP contribution in [0.2, 0.25) is 10.0 Å². The highest BCUT2D eigenvalue weighted by molar-refractivity contribution is 7.90. The zero-order chi connectivity index (χ0) is 26.9. The van der Waals surface area contributed by atoms with E-state index in [9.17, 15) is 13.2 Å². The van der Waals surface area contributed by atoms with Gasteiger partial charge in [-0.25, -0.2) is 8.42 Å². The third kappa shape index (κ3) is 5.71. The number of carbonyl (C=O) groups excluding carboxylic acids is 1. The Morgan fingerprint density at radius 1 is 0.921 bits per heavy atom. The van der Waals surface area contributed by atoms with Gasteiger partial charge in [0, 0.05) is 59.9 Å². The molecule has 0 aliphatic carbocycles. The second kappa shape index (κ2) is 11.0. The number of nitrogens with zero attached hydrogens (tertiary/aromatic N) is 3. The van der Waals surface area contributed by atoms with E-state index in [2.05, 4.69) is 9.88 Å². The minimum Gasteiger partial charge on any atom is -0.336 e. The van der Waals surface area contributed by atoms with Crippen molar-refractivity contribution in [3.63, 3.8) is 0 Å². The molecule has 38 heavy (non-hydrogen) atoms. The maximum atomic E-state index is 13.3. The second-order valence-corrected chi connectivity index (χ2v) is 12.3. The summed E-state index contributed by atoms with van der Waals surface area (Å²) in [7, 11) is -3.63. The van der Waals surface area contributed by atoms with Crippen LogP contribution in [0.4, 0.5) is 0 Å². The maximum Gasteiger partial charge on any atom is 0.253 e. The van der Waals surface area contributed by atoms with E-state index in [1.54, 1.807) is 48.7 Å². The highest BCUT2D eigenvalue weighted by Crippen LogP contribution is 2.26. The predicted octanol–water partition coefficient (Wildman–Crippen LogP) is 5.78. The molecule has 1 amide bonds. The van der Waals surface area contributed by atoms with Crippen LogP contribution in [0.1, 0.15) is 27.0 Å². The van der Waals surface area contributed by atoms with E-state index < -0.39 is 9.84 Å². The summed E-state index contributed by atoms with van der Waals surface area (Å²) in [5.41, 5.74) is 3.47. The summed E-state index contributed by atoms with van der Waals surface area (Å²) in [4.78, 5) is 21.8. The number of rotatable bonds is 6. The largest absolute Gasteiger partial charge is 0.336 e. The number of pyridine rings is 1. The molecule has 1 aliphatic rings. The zero-order valence-corrected chi connectivity index (χ0v) is 23.2. The van der Waals surface area contributed by atoms with Crippen LogP contribution in [-0.4, -0.2) is 55.3 Å². The Hall–Kier alpha value is -2.97. The Morgan fingerprint density at radius 2 is 1.66 bits per heavy atom. The van der Waals surface area contributed by atoms with Crippen LogP contribution in [0.15, 0.2) is 77.8 Å². The second-order valence-electron chi connectivity index (χ2n) is 9.54. The van der Waals surface area contributed by atoms with Gasteiger partial charge in [0.05, 0.1) is 16.2 Å². The number of benzene rings is 3. The van der Waals surface area contributed by atoms with Crippen molar-refractivity contribution in [2.75, 3.05) is 26.2 Å². The number of carbonyl (C=O) groups is 1. The Balaban J connectivity index is 1.25. The number of hydrogen-bond acceptors (Lipinski definition) is 5. The fraction of sp³-hybridized carbons (Fsp3) is 0.241. The molecule has 1 fully saturated rings. The lowest BCUT2D eigenvalue weighted by Crippen LogP contribution is -2.48. The van der Waals surface area contributed by atoms with Crippen LogP contribution in [-0.2, 0) is 22.1 Å². The number of fused-ring (bicyclic) bond motifs is 1. The summed E-state index contributed by atoms with van der Waals surface area (Å²) in [5, 5.41) is 2.03. The van der Waals surface area contributed by atoms with Gasteiger partial charge in [-0.05, 0) is 60.0 Å². The van der Waals surface area contributed by atoms with Crippen molar-refractivity contribution in [3.05, 3.63) is 105 Å². The fourth-order valence-electron chi connectivity index (χ4n) is 4.78. The van der Waals surface area contributed by atoms with Gasteiger partial charge in [-0.1, -0.05) is 53.5 Å². The summed E-state index contributed by atoms with van der Waals surface area (Å²) in [6.07, 6.45) is 1.60. The molecule has 0 saturated carbocycles. The van der Waals surface area contributed by atoms with Crippen molar-refractivity contribution < 1.29 is 13.2 Å². The molecule has 5 rings (SSSR count). The van der Waals surface area contributed by atoms with Crippen molar-refractivity contribution >= 4 is 49.8 Å². The molecule has 0 atom stereocenters. The number of para-hydroxylation sites is 1. The normalized spacial score (nSPS) is 14.7. The van der Waals surface area contributed by atoms with Crippen LogP contribution < -0.4 is 0 Å². The Labute approximate surface area is 232 Å². The Kier molecular flexibility index (Phi) is 7.73. The Morgan fingerprint density at radius 3 is 2.39 bits per heavy atom. The minimum absolute atomic E-state index is 0.0510. The van der Waals surface area contributed by atoms with E-state index in [1.165, 1.54) is 0 Å². The lowest BCUT2D eigenvalue weighted by molar-refractivity contribution is 0.0628. The molecule has 0 unspecified atom stereocenters. The number of sulfone groups is 1. The van der Waals surface area contributed by atoms with Gasteiger partial charge in [0.2, 0.25) is 0 Å². The van der Waals surface area contributed by atoms with Crippen molar-refractivity contribution in [1.29, 1.82) is 0 Å². The molecule has 0 N–H and O–H groups in total. The first-order valence-electron chi connectivity index (χ1n) is 12.3. The number of hydrogen-bond donors (Lipinski definition) is 0. The average Bonchev–Trinajstić information content (AvgIpc) is 2.91. The van der Waals surface area contributed by atoms with Crippen LogP contribution in [0.5, 0.6) is 0 Å². The average molecular weight is 569 g/mol. The van der Waals surface area contributed by atoms with E-state index in [1.807, 2.05) is 36.1 Å². The predicted molar refractivity (Wildman–Crippen MR) is 151 cm³/mol. The summed E-state index contributed by atoms with van der Waals surface area (Å²) < 4.78 is 26.6. The topological polar surface area (TPSA) is 70.6 Å². The molecule has 1 aromatic heterocycles. The van der Waals surface area contributed by atoms with Gasteiger partial charge in [-0.2, -0.15) is 0 Å². The summed E-state index contributed by atoms with van der Waals surface area (Å²) in [6, 6.07) is 19.6. The van der Waals surface area contributed by atoms with Gasteiger partial charge in [0.25, 0.3) is 5.91 Å². The lowest BCUT2D eigenvalue weighted by atomic mass is 10.1. The number of aryl methyl sites for hydroxylation is 1. The summed E-state index contributed by atoms with van der Waals surface area (Å²) in [5.74, 6) is -0.209. The molecule has 0 spiro atoms. The number of amides is 1. The van der Waals surface area contributed by atoms with E-state index in [0.717, 1.165) is 29.6 Å². The molecule has 3 aromatic carbocycles. The van der Waals surface area contributed by atoms with Crippen LogP contribution in [0.3, 0.4) is 0 Å². The first-order valence-corrected chi connectivity index (χ1v) is 14.7. The van der Waals surface area contributed by atoms with Crippen molar-refractivity contribution in [2.24, 2.45) is 0 Å². The lowest BCUT2D eigenvalue weighted by Gasteiger charge is -2.35. The van der Waals surface area contributed by atoms with Gasteiger partial charge < -0.3 is 4.90 Å². The highest BCUT2D eigenvalue weighted by Gasteiger charge is 2.24. The van der Waals surface area contributed by atoms with Gasteiger partial charge >= 0.3 is 0 Å². The molecular formula is C29H27Cl2N3O3S. The first kappa shape index (κ1) is 26.6. The molecule has 9 heteroatoms. The maximum absolute atomic E-state index is 13.3. The first-order chi connectivity index (χ1) is 18.2. The highest BCUT2D eigenvalue weighted by atomic mass is 35.5. The molecule has 1 aliphatic heterocycles. The summed E-state index contributed by atoms with van der Waals surface area (Å²) in [6.45, 7) is 5.22. The third-order valence-corrected chi connectivity index (χ3v) is 9.21. The third-order valence-electron chi connectivity index (χ3n) is 6.93. The van der Waals surface area contributed by atoms with Crippen LogP contribution in [0.25, 0.3) is 10.9 Å². The van der Waals surface area contributed by atoms with Crippen molar-refractivity contribution in [2.45, 2.75) is 24.1 Å². The summed E-state index contributed by atoms with van der Waals surface area (Å²) >= 11 is 12.3. The van der Waals surface area contributed by atoms with Crippen molar-refractivity contribution in [3.8, 4) is 0 Å². The number of aromatic nitrogens is 1. The van der Waals surface area contributed by atoms with E-state index in [-0.39, 0.29) is 16.6 Å². The van der Waals surface area contributed by atoms with Crippen LogP contribution >= 0.6 is 23.2 Å². The van der Waals surface area contributed by atoms with Gasteiger partial charge in [-0.15, -0.1) is 0 Å². The van der Waals surface area contributed by atoms with Gasteiger partial charge in [-0.3, -0.25) is 14.7 Å². The zero-order valence-electron chi connectivity index (χ0n) is 20.9. The molecule has 1 saturated heterocycles. The molecule has 196 valence electrons. The fourth-order valence-corrected chi connectivity index (χ4v) is 6.89. The molecule has 0 radical (unpaired) electrons. The standard InChI is InChI=1S/C29H27Cl2N3O3S/c1-20-16-22(29(35)34-14-12-33(13-15-34)18-23-9-10-25(30)17-26(23)31)7-8-24(20)19-38(36,37)27-6-2-4-21-5-3-11-32-28(21)27/h2-11,16-17H,12-15,18-19H2,1H3. The molecule has 4 aromatic rings. The van der Waals surface area contributed by atoms with E-state index in [0.29, 0.717) is 46.3 Å². The van der Waals surface area contributed by atoms with Crippen molar-refractivity contribution in [1.82, 2.24) is 14.8 Å². The monoisotopic (exact) mass is 567 g/mol. The smallest absolute Gasteiger partial charge is 0.253 e. The number of piperazine rings is 1. The minimum atomic E-state index is -3.63. The number of halogens is 2. The van der Waals surface area contributed by atoms with E-state index in [4.69, 9.17) is 23.2 Å². The molecule has 0 bridgehead atoms. The molecular weight excluding hydrogens is 541 g/mol. The van der Waals surface area contributed by atoms with Gasteiger partial charge in [0.1, 0.15) is 0 Å². The van der Waals surface area contributed by atoms with E-state index >= 15 is 0 Å². The molecule has 6 nitrogen and oxygen atoms in total.